The van der Waals surface area contributed by atoms with Gasteiger partial charge in [0.2, 0.25) is 5.91 Å². The van der Waals surface area contributed by atoms with Gasteiger partial charge in [-0.2, -0.15) is 0 Å². The average molecular weight is 197 g/mol. The van der Waals surface area contributed by atoms with Crippen molar-refractivity contribution < 1.29 is 4.79 Å². The molecule has 1 amide bonds. The topological polar surface area (TPSA) is 44.4 Å². The van der Waals surface area contributed by atoms with Gasteiger partial charge in [0.25, 0.3) is 0 Å². The number of carbonyl (C=O) groups is 1. The van der Waals surface area contributed by atoms with Crippen molar-refractivity contribution in [1.29, 1.82) is 0 Å². The first-order valence-electron chi connectivity index (χ1n) is 5.02. The number of piperazine rings is 1. The SMILES string of the molecule is C=CCNC(=O)CC1CN(C)CCN1. The zero-order valence-corrected chi connectivity index (χ0v) is 8.75. The average Bonchev–Trinajstić information content (AvgIpc) is 2.15. The second-order valence-electron chi connectivity index (χ2n) is 3.71. The second-order valence-corrected chi connectivity index (χ2v) is 3.71. The van der Waals surface area contributed by atoms with Crippen LogP contribution in [0.4, 0.5) is 0 Å². The van der Waals surface area contributed by atoms with Crippen LogP contribution in [0, 0.1) is 0 Å². The molecule has 1 aliphatic heterocycles. The van der Waals surface area contributed by atoms with E-state index in [0.29, 0.717) is 19.0 Å². The minimum absolute atomic E-state index is 0.0951. The van der Waals surface area contributed by atoms with Gasteiger partial charge in [0.15, 0.2) is 0 Å². The molecular formula is C10H19N3O. The first-order valence-corrected chi connectivity index (χ1v) is 5.02. The van der Waals surface area contributed by atoms with E-state index in [-0.39, 0.29) is 5.91 Å². The molecule has 80 valence electrons. The van der Waals surface area contributed by atoms with Crippen molar-refractivity contribution in [3.63, 3.8) is 0 Å². The molecule has 0 aromatic rings. The summed E-state index contributed by atoms with van der Waals surface area (Å²) in [7, 11) is 2.08. The predicted octanol–water partition coefficient (Wildman–Crippen LogP) is -0.418. The zero-order valence-electron chi connectivity index (χ0n) is 8.75. The molecule has 1 rings (SSSR count). The minimum atomic E-state index is 0.0951. The Morgan fingerprint density at radius 2 is 2.57 bits per heavy atom. The van der Waals surface area contributed by atoms with Gasteiger partial charge in [-0.1, -0.05) is 6.08 Å². The fourth-order valence-corrected chi connectivity index (χ4v) is 1.61. The van der Waals surface area contributed by atoms with E-state index in [1.165, 1.54) is 0 Å². The van der Waals surface area contributed by atoms with Crippen LogP contribution in [-0.2, 0) is 4.79 Å². The lowest BCUT2D eigenvalue weighted by atomic mass is 10.1. The van der Waals surface area contributed by atoms with Crippen molar-refractivity contribution >= 4 is 5.91 Å². The Morgan fingerprint density at radius 3 is 3.21 bits per heavy atom. The Morgan fingerprint density at radius 1 is 1.79 bits per heavy atom. The number of hydrogen-bond donors (Lipinski definition) is 2. The van der Waals surface area contributed by atoms with Crippen LogP contribution in [-0.4, -0.2) is 50.1 Å². The van der Waals surface area contributed by atoms with Crippen LogP contribution < -0.4 is 10.6 Å². The summed E-state index contributed by atoms with van der Waals surface area (Å²) in [4.78, 5) is 13.6. The quantitative estimate of drug-likeness (QED) is 0.602. The van der Waals surface area contributed by atoms with Crippen LogP contribution in [0.15, 0.2) is 12.7 Å². The second kappa shape index (κ2) is 5.78. The highest BCUT2D eigenvalue weighted by Crippen LogP contribution is 1.99. The van der Waals surface area contributed by atoms with Crippen molar-refractivity contribution in [3.8, 4) is 0 Å². The number of nitrogens with zero attached hydrogens (tertiary/aromatic N) is 1. The molecule has 0 radical (unpaired) electrons. The highest BCUT2D eigenvalue weighted by molar-refractivity contribution is 5.76. The molecule has 1 heterocycles. The third-order valence-corrected chi connectivity index (χ3v) is 2.33. The number of carbonyl (C=O) groups excluding carboxylic acids is 1. The summed E-state index contributed by atoms with van der Waals surface area (Å²) < 4.78 is 0. The molecule has 2 N–H and O–H groups in total. The minimum Gasteiger partial charge on any atom is -0.353 e. The smallest absolute Gasteiger partial charge is 0.221 e. The molecular weight excluding hydrogens is 178 g/mol. The maximum absolute atomic E-state index is 11.4. The van der Waals surface area contributed by atoms with Crippen LogP contribution in [0.1, 0.15) is 6.42 Å². The lowest BCUT2D eigenvalue weighted by Gasteiger charge is -2.30. The van der Waals surface area contributed by atoms with Gasteiger partial charge in [-0.15, -0.1) is 6.58 Å². The van der Waals surface area contributed by atoms with Crippen LogP contribution in [0.5, 0.6) is 0 Å². The number of likely N-dealkylation sites (N-methyl/N-ethyl adjacent to an activating group) is 1. The summed E-state index contributed by atoms with van der Waals surface area (Å²) in [5.74, 6) is 0.0951. The molecule has 4 nitrogen and oxygen atoms in total. The molecule has 0 spiro atoms. The highest BCUT2D eigenvalue weighted by Gasteiger charge is 2.18. The fraction of sp³-hybridized carbons (Fsp3) is 0.700. The number of hydrogen-bond acceptors (Lipinski definition) is 3. The number of nitrogens with one attached hydrogen (secondary N) is 2. The molecule has 14 heavy (non-hydrogen) atoms. The summed E-state index contributed by atoms with van der Waals surface area (Å²) >= 11 is 0. The Bertz CT molecular complexity index is 206. The van der Waals surface area contributed by atoms with E-state index in [4.69, 9.17) is 0 Å². The van der Waals surface area contributed by atoms with Crippen LogP contribution >= 0.6 is 0 Å². The first-order chi connectivity index (χ1) is 6.72. The van der Waals surface area contributed by atoms with Crippen molar-refractivity contribution in [2.24, 2.45) is 0 Å². The predicted molar refractivity (Wildman–Crippen MR) is 57.1 cm³/mol. The molecule has 0 bridgehead atoms. The molecule has 4 heteroatoms. The first kappa shape index (κ1) is 11.2. The summed E-state index contributed by atoms with van der Waals surface area (Å²) in [6.45, 7) is 7.08. The fourth-order valence-electron chi connectivity index (χ4n) is 1.61. The van der Waals surface area contributed by atoms with Crippen LogP contribution in [0.2, 0.25) is 0 Å². The van der Waals surface area contributed by atoms with Crippen LogP contribution in [0.25, 0.3) is 0 Å². The Hall–Kier alpha value is -0.870. The molecule has 0 aliphatic carbocycles. The monoisotopic (exact) mass is 197 g/mol. The lowest BCUT2D eigenvalue weighted by Crippen LogP contribution is -2.50. The maximum Gasteiger partial charge on any atom is 0.221 e. The summed E-state index contributed by atoms with van der Waals surface area (Å²) in [6, 6.07) is 0.290. The highest BCUT2D eigenvalue weighted by atomic mass is 16.1. The molecule has 1 unspecified atom stereocenters. The molecule has 0 aromatic heterocycles. The van der Waals surface area contributed by atoms with Crippen LogP contribution in [0.3, 0.4) is 0 Å². The van der Waals surface area contributed by atoms with Crippen molar-refractivity contribution in [3.05, 3.63) is 12.7 Å². The van der Waals surface area contributed by atoms with E-state index in [1.54, 1.807) is 6.08 Å². The van der Waals surface area contributed by atoms with E-state index in [1.807, 2.05) is 0 Å². The van der Waals surface area contributed by atoms with E-state index in [9.17, 15) is 4.79 Å². The summed E-state index contributed by atoms with van der Waals surface area (Å²) in [6.07, 6.45) is 2.25. The number of rotatable bonds is 4. The van der Waals surface area contributed by atoms with Crippen molar-refractivity contribution in [2.75, 3.05) is 33.2 Å². The summed E-state index contributed by atoms with van der Waals surface area (Å²) in [5.41, 5.74) is 0. The Balaban J connectivity index is 2.21. The van der Waals surface area contributed by atoms with Gasteiger partial charge < -0.3 is 15.5 Å². The lowest BCUT2D eigenvalue weighted by molar-refractivity contribution is -0.121. The molecule has 0 saturated carbocycles. The Kier molecular flexibility index (Phi) is 4.62. The van der Waals surface area contributed by atoms with Gasteiger partial charge >= 0.3 is 0 Å². The Labute approximate surface area is 85.3 Å². The normalized spacial score (nSPS) is 23.1. The zero-order chi connectivity index (χ0) is 10.4. The van der Waals surface area contributed by atoms with Crippen molar-refractivity contribution in [1.82, 2.24) is 15.5 Å². The van der Waals surface area contributed by atoms with Crippen molar-refractivity contribution in [2.45, 2.75) is 12.5 Å². The molecule has 1 aliphatic rings. The van der Waals surface area contributed by atoms with Gasteiger partial charge in [0.05, 0.1) is 0 Å². The standard InChI is InChI=1S/C10H19N3O/c1-3-4-12-10(14)7-9-8-13(2)6-5-11-9/h3,9,11H,1,4-8H2,2H3,(H,12,14). The van der Waals surface area contributed by atoms with E-state index >= 15 is 0 Å². The van der Waals surface area contributed by atoms with Gasteiger partial charge in [0.1, 0.15) is 0 Å². The molecule has 1 atom stereocenters. The van der Waals surface area contributed by atoms with Gasteiger partial charge in [0, 0.05) is 38.6 Å². The third kappa shape index (κ3) is 3.89. The number of amides is 1. The molecule has 0 aromatic carbocycles. The molecule has 1 fully saturated rings. The van der Waals surface area contributed by atoms with Gasteiger partial charge in [-0.05, 0) is 7.05 Å². The third-order valence-electron chi connectivity index (χ3n) is 2.33. The van der Waals surface area contributed by atoms with Gasteiger partial charge in [-0.25, -0.2) is 0 Å². The van der Waals surface area contributed by atoms with E-state index in [2.05, 4.69) is 29.2 Å². The van der Waals surface area contributed by atoms with E-state index in [0.717, 1.165) is 19.6 Å². The molecule has 1 saturated heterocycles. The largest absolute Gasteiger partial charge is 0.353 e. The van der Waals surface area contributed by atoms with Gasteiger partial charge in [-0.3, -0.25) is 4.79 Å². The maximum atomic E-state index is 11.4. The summed E-state index contributed by atoms with van der Waals surface area (Å²) in [5, 5.41) is 6.11. The van der Waals surface area contributed by atoms with E-state index < -0.39 is 0 Å².